The van der Waals surface area contributed by atoms with Crippen molar-refractivity contribution < 1.29 is 14.1 Å². The third-order valence-electron chi connectivity index (χ3n) is 4.37. The molecule has 0 spiro atoms. The van der Waals surface area contributed by atoms with Gasteiger partial charge in [-0.3, -0.25) is 9.59 Å². The van der Waals surface area contributed by atoms with Crippen molar-refractivity contribution in [2.24, 2.45) is 0 Å². The molecule has 2 aromatic carbocycles. The van der Waals surface area contributed by atoms with Crippen LogP contribution < -0.4 is 10.6 Å². The van der Waals surface area contributed by atoms with E-state index in [0.29, 0.717) is 16.9 Å². The number of aromatic nitrogens is 1. The molecule has 6 nitrogen and oxygen atoms in total. The Morgan fingerprint density at radius 2 is 1.79 bits per heavy atom. The zero-order valence-corrected chi connectivity index (χ0v) is 16.2. The zero-order chi connectivity index (χ0) is 20.1. The highest BCUT2D eigenvalue weighted by Crippen LogP contribution is 2.19. The lowest BCUT2D eigenvalue weighted by atomic mass is 10.1. The maximum Gasteiger partial charge on any atom is 0.294 e. The van der Waals surface area contributed by atoms with E-state index in [9.17, 15) is 9.59 Å². The monoisotopic (exact) mass is 377 g/mol. The van der Waals surface area contributed by atoms with Gasteiger partial charge in [0.05, 0.1) is 5.69 Å². The average Bonchev–Trinajstić information content (AvgIpc) is 3.19. The van der Waals surface area contributed by atoms with Crippen molar-refractivity contribution in [3.8, 4) is 0 Å². The van der Waals surface area contributed by atoms with Crippen LogP contribution in [-0.4, -0.2) is 17.0 Å². The van der Waals surface area contributed by atoms with Gasteiger partial charge < -0.3 is 15.2 Å². The van der Waals surface area contributed by atoms with E-state index in [1.165, 1.54) is 0 Å². The molecule has 0 saturated heterocycles. The SMILES string of the molecule is CCc1ccccc1NC(=O)c1cccc(NC(=O)c2cc(C(C)C)no2)c1. The van der Waals surface area contributed by atoms with Crippen molar-refractivity contribution >= 4 is 23.2 Å². The molecular formula is C22H23N3O3. The molecule has 1 aromatic heterocycles. The second-order valence-corrected chi connectivity index (χ2v) is 6.77. The summed E-state index contributed by atoms with van der Waals surface area (Å²) in [6, 6.07) is 16.1. The molecule has 0 radical (unpaired) electrons. The van der Waals surface area contributed by atoms with Crippen molar-refractivity contribution in [3.63, 3.8) is 0 Å². The Morgan fingerprint density at radius 3 is 2.50 bits per heavy atom. The summed E-state index contributed by atoms with van der Waals surface area (Å²) in [4.78, 5) is 25.0. The Hall–Kier alpha value is -3.41. The maximum atomic E-state index is 12.6. The first-order chi connectivity index (χ1) is 13.5. The van der Waals surface area contributed by atoms with Gasteiger partial charge in [0.2, 0.25) is 5.76 Å². The Bertz CT molecular complexity index is 992. The second-order valence-electron chi connectivity index (χ2n) is 6.77. The summed E-state index contributed by atoms with van der Waals surface area (Å²) in [6.07, 6.45) is 0.822. The summed E-state index contributed by atoms with van der Waals surface area (Å²) in [5, 5.41) is 9.55. The van der Waals surface area contributed by atoms with Crippen LogP contribution in [0.3, 0.4) is 0 Å². The van der Waals surface area contributed by atoms with Gasteiger partial charge in [0, 0.05) is 23.0 Å². The van der Waals surface area contributed by atoms with Crippen LogP contribution in [0.15, 0.2) is 59.1 Å². The fraction of sp³-hybridized carbons (Fsp3) is 0.227. The van der Waals surface area contributed by atoms with Crippen molar-refractivity contribution in [2.45, 2.75) is 33.1 Å². The van der Waals surface area contributed by atoms with E-state index in [4.69, 9.17) is 4.52 Å². The second kappa shape index (κ2) is 8.52. The van der Waals surface area contributed by atoms with Crippen LogP contribution in [0.1, 0.15) is 58.9 Å². The van der Waals surface area contributed by atoms with E-state index < -0.39 is 5.91 Å². The first-order valence-corrected chi connectivity index (χ1v) is 9.25. The first kappa shape index (κ1) is 19.4. The fourth-order valence-electron chi connectivity index (χ4n) is 2.74. The van der Waals surface area contributed by atoms with Gasteiger partial charge in [0.25, 0.3) is 11.8 Å². The van der Waals surface area contributed by atoms with Gasteiger partial charge in [-0.05, 0) is 42.2 Å². The molecule has 3 rings (SSSR count). The number of nitrogens with one attached hydrogen (secondary N) is 2. The third-order valence-corrected chi connectivity index (χ3v) is 4.37. The maximum absolute atomic E-state index is 12.6. The molecule has 0 aliphatic rings. The van der Waals surface area contributed by atoms with Gasteiger partial charge in [-0.15, -0.1) is 0 Å². The van der Waals surface area contributed by atoms with Crippen LogP contribution in [0.2, 0.25) is 0 Å². The number of benzene rings is 2. The highest BCUT2D eigenvalue weighted by molar-refractivity contribution is 6.07. The molecule has 0 fully saturated rings. The molecule has 2 amide bonds. The number of hydrogen-bond donors (Lipinski definition) is 2. The number of rotatable bonds is 6. The van der Waals surface area contributed by atoms with Crippen molar-refractivity contribution in [1.29, 1.82) is 0 Å². The number of carbonyl (C=O) groups is 2. The summed E-state index contributed by atoms with van der Waals surface area (Å²) in [6.45, 7) is 5.98. The fourth-order valence-corrected chi connectivity index (χ4v) is 2.74. The number of amides is 2. The Labute approximate surface area is 163 Å². The predicted octanol–water partition coefficient (Wildman–Crippen LogP) is 4.87. The van der Waals surface area contributed by atoms with Crippen LogP contribution in [0.25, 0.3) is 0 Å². The number of para-hydroxylation sites is 1. The third kappa shape index (κ3) is 4.46. The Kier molecular flexibility index (Phi) is 5.89. The first-order valence-electron chi connectivity index (χ1n) is 9.25. The lowest BCUT2D eigenvalue weighted by Gasteiger charge is -2.10. The van der Waals surface area contributed by atoms with Crippen molar-refractivity contribution in [2.75, 3.05) is 10.6 Å². The van der Waals surface area contributed by atoms with Crippen LogP contribution in [0.4, 0.5) is 11.4 Å². The largest absolute Gasteiger partial charge is 0.351 e. The molecule has 0 aliphatic heterocycles. The summed E-state index contributed by atoms with van der Waals surface area (Å²) < 4.78 is 5.10. The highest BCUT2D eigenvalue weighted by atomic mass is 16.5. The molecule has 0 bridgehead atoms. The number of aryl methyl sites for hydroxylation is 1. The zero-order valence-electron chi connectivity index (χ0n) is 16.2. The lowest BCUT2D eigenvalue weighted by molar-refractivity contribution is 0.0985. The molecule has 144 valence electrons. The minimum absolute atomic E-state index is 0.135. The van der Waals surface area contributed by atoms with E-state index in [1.807, 2.05) is 45.0 Å². The normalized spacial score (nSPS) is 10.7. The quantitative estimate of drug-likeness (QED) is 0.642. The Balaban J connectivity index is 1.72. The summed E-state index contributed by atoms with van der Waals surface area (Å²) >= 11 is 0. The predicted molar refractivity (Wildman–Crippen MR) is 109 cm³/mol. The topological polar surface area (TPSA) is 84.2 Å². The minimum atomic E-state index is -0.409. The van der Waals surface area contributed by atoms with Crippen LogP contribution in [0.5, 0.6) is 0 Å². The van der Waals surface area contributed by atoms with Crippen LogP contribution >= 0.6 is 0 Å². The smallest absolute Gasteiger partial charge is 0.294 e. The molecule has 0 unspecified atom stereocenters. The van der Waals surface area contributed by atoms with Gasteiger partial charge in [0.1, 0.15) is 0 Å². The van der Waals surface area contributed by atoms with Crippen LogP contribution in [-0.2, 0) is 6.42 Å². The molecule has 0 atom stereocenters. The van der Waals surface area contributed by atoms with E-state index in [-0.39, 0.29) is 17.6 Å². The molecule has 0 aliphatic carbocycles. The summed E-state index contributed by atoms with van der Waals surface area (Å²) in [7, 11) is 0. The van der Waals surface area contributed by atoms with Gasteiger partial charge in [-0.25, -0.2) is 0 Å². The van der Waals surface area contributed by atoms with E-state index in [0.717, 1.165) is 17.7 Å². The van der Waals surface area contributed by atoms with Gasteiger partial charge in [-0.2, -0.15) is 0 Å². The number of hydrogen-bond acceptors (Lipinski definition) is 4. The molecule has 6 heteroatoms. The highest BCUT2D eigenvalue weighted by Gasteiger charge is 2.16. The van der Waals surface area contributed by atoms with Gasteiger partial charge in [0.15, 0.2) is 0 Å². The van der Waals surface area contributed by atoms with E-state index >= 15 is 0 Å². The number of anilines is 2. The van der Waals surface area contributed by atoms with Crippen molar-refractivity contribution in [1.82, 2.24) is 5.16 Å². The molecular weight excluding hydrogens is 354 g/mol. The standard InChI is InChI=1S/C22H23N3O3/c1-4-15-8-5-6-11-18(15)24-21(26)16-9-7-10-17(12-16)23-22(27)20-13-19(14(2)3)25-28-20/h5-14H,4H2,1-3H3,(H,23,27)(H,24,26). The minimum Gasteiger partial charge on any atom is -0.351 e. The van der Waals surface area contributed by atoms with E-state index in [2.05, 4.69) is 15.8 Å². The molecule has 28 heavy (non-hydrogen) atoms. The summed E-state index contributed by atoms with van der Waals surface area (Å²) in [5.41, 5.74) is 3.51. The lowest BCUT2D eigenvalue weighted by Crippen LogP contribution is -2.15. The molecule has 0 saturated carbocycles. The number of nitrogens with zero attached hydrogens (tertiary/aromatic N) is 1. The van der Waals surface area contributed by atoms with E-state index in [1.54, 1.807) is 30.3 Å². The van der Waals surface area contributed by atoms with Gasteiger partial charge in [-0.1, -0.05) is 50.2 Å². The van der Waals surface area contributed by atoms with Gasteiger partial charge >= 0.3 is 0 Å². The Morgan fingerprint density at radius 1 is 1.00 bits per heavy atom. The van der Waals surface area contributed by atoms with Crippen molar-refractivity contribution in [3.05, 3.63) is 77.2 Å². The average molecular weight is 377 g/mol. The number of carbonyl (C=O) groups excluding carboxylic acids is 2. The molecule has 3 aromatic rings. The molecule has 1 heterocycles. The molecule has 2 N–H and O–H groups in total. The van der Waals surface area contributed by atoms with Crippen LogP contribution in [0, 0.1) is 0 Å². The summed E-state index contributed by atoms with van der Waals surface area (Å²) in [5.74, 6) is -0.342.